The van der Waals surface area contributed by atoms with Crippen molar-refractivity contribution in [1.29, 1.82) is 0 Å². The highest BCUT2D eigenvalue weighted by atomic mass is 79.9. The summed E-state index contributed by atoms with van der Waals surface area (Å²) in [6, 6.07) is 11.1. The molecule has 6 heteroatoms. The van der Waals surface area contributed by atoms with E-state index in [4.69, 9.17) is 16.0 Å². The van der Waals surface area contributed by atoms with E-state index in [1.807, 2.05) is 30.3 Å². The smallest absolute Gasteiger partial charge is 0.408 e. The highest BCUT2D eigenvalue weighted by Gasteiger charge is 2.04. The van der Waals surface area contributed by atoms with Gasteiger partial charge in [0.15, 0.2) is 5.58 Å². The third kappa shape index (κ3) is 2.73. The molecule has 0 bridgehead atoms. The van der Waals surface area contributed by atoms with E-state index >= 15 is 0 Å². The third-order valence-electron chi connectivity index (χ3n) is 2.91. The molecule has 0 spiro atoms. The number of fused-ring (bicyclic) bond motifs is 1. The number of oxazole rings is 1. The number of hydrogen-bond donors (Lipinski definition) is 2. The normalized spacial score (nSPS) is 10.9. The largest absolute Gasteiger partial charge is 0.417 e. The Morgan fingerprint density at radius 1 is 1.25 bits per heavy atom. The van der Waals surface area contributed by atoms with Crippen molar-refractivity contribution in [1.82, 2.24) is 4.98 Å². The summed E-state index contributed by atoms with van der Waals surface area (Å²) in [6.07, 6.45) is 0. The molecule has 0 saturated carbocycles. The first-order chi connectivity index (χ1) is 9.61. The van der Waals surface area contributed by atoms with Gasteiger partial charge in [0.25, 0.3) is 0 Å². The molecule has 0 atom stereocenters. The maximum absolute atomic E-state index is 11.1. The van der Waals surface area contributed by atoms with Crippen LogP contribution in [0.2, 0.25) is 5.02 Å². The van der Waals surface area contributed by atoms with E-state index in [0.29, 0.717) is 22.7 Å². The molecule has 0 radical (unpaired) electrons. The van der Waals surface area contributed by atoms with Crippen LogP contribution in [0, 0.1) is 0 Å². The van der Waals surface area contributed by atoms with Gasteiger partial charge in [0.1, 0.15) is 0 Å². The van der Waals surface area contributed by atoms with Gasteiger partial charge in [0.05, 0.1) is 5.52 Å². The van der Waals surface area contributed by atoms with Crippen LogP contribution in [0.15, 0.2) is 50.1 Å². The molecule has 2 aromatic carbocycles. The predicted octanol–water partition coefficient (Wildman–Crippen LogP) is 4.15. The van der Waals surface area contributed by atoms with Crippen molar-refractivity contribution >= 4 is 44.3 Å². The van der Waals surface area contributed by atoms with Crippen LogP contribution in [0.3, 0.4) is 0 Å². The molecule has 4 nitrogen and oxygen atoms in total. The molecule has 0 aliphatic rings. The van der Waals surface area contributed by atoms with Gasteiger partial charge in [-0.15, -0.1) is 0 Å². The van der Waals surface area contributed by atoms with Crippen LogP contribution in [0.1, 0.15) is 5.56 Å². The molecule has 3 rings (SSSR count). The van der Waals surface area contributed by atoms with Crippen LogP contribution < -0.4 is 11.1 Å². The average molecular weight is 354 g/mol. The number of halogens is 2. The molecular weight excluding hydrogens is 344 g/mol. The van der Waals surface area contributed by atoms with Gasteiger partial charge in [-0.2, -0.15) is 0 Å². The average Bonchev–Trinajstić information content (AvgIpc) is 2.79. The van der Waals surface area contributed by atoms with Crippen LogP contribution in [0.4, 0.5) is 5.69 Å². The zero-order chi connectivity index (χ0) is 14.1. The fraction of sp³-hybridized carbons (Fsp3) is 0.0714. The quantitative estimate of drug-likeness (QED) is 0.743. The minimum absolute atomic E-state index is 0.452. The van der Waals surface area contributed by atoms with E-state index in [-0.39, 0.29) is 0 Å². The molecule has 20 heavy (non-hydrogen) atoms. The number of aromatic amines is 1. The van der Waals surface area contributed by atoms with Crippen molar-refractivity contribution in [2.75, 3.05) is 5.32 Å². The molecule has 0 fully saturated rings. The number of H-pyrrole nitrogens is 1. The first-order valence-corrected chi connectivity index (χ1v) is 7.09. The molecule has 1 aromatic heterocycles. The number of hydrogen-bond acceptors (Lipinski definition) is 3. The van der Waals surface area contributed by atoms with Crippen molar-refractivity contribution in [3.8, 4) is 0 Å². The minimum Gasteiger partial charge on any atom is -0.408 e. The van der Waals surface area contributed by atoms with Crippen LogP contribution in [0.5, 0.6) is 0 Å². The summed E-state index contributed by atoms with van der Waals surface area (Å²) in [7, 11) is 0. The number of anilines is 1. The Hall–Kier alpha value is -1.72. The van der Waals surface area contributed by atoms with E-state index < -0.39 is 5.76 Å². The highest BCUT2D eigenvalue weighted by Crippen LogP contribution is 2.23. The van der Waals surface area contributed by atoms with Crippen molar-refractivity contribution in [3.05, 3.63) is 62.0 Å². The van der Waals surface area contributed by atoms with Crippen molar-refractivity contribution in [2.24, 2.45) is 0 Å². The third-order valence-corrected chi connectivity index (χ3v) is 3.77. The zero-order valence-corrected chi connectivity index (χ0v) is 12.6. The second-order valence-corrected chi connectivity index (χ2v) is 5.64. The Bertz CT molecular complexity index is 825. The Morgan fingerprint density at radius 2 is 2.10 bits per heavy atom. The summed E-state index contributed by atoms with van der Waals surface area (Å²) in [5, 5.41) is 3.97. The molecule has 1 heterocycles. The Morgan fingerprint density at radius 3 is 2.95 bits per heavy atom. The topological polar surface area (TPSA) is 58.0 Å². The first kappa shape index (κ1) is 13.3. The van der Waals surface area contributed by atoms with Crippen LogP contribution >= 0.6 is 27.5 Å². The van der Waals surface area contributed by atoms with E-state index in [0.717, 1.165) is 15.7 Å². The maximum Gasteiger partial charge on any atom is 0.417 e. The lowest BCUT2D eigenvalue weighted by atomic mass is 10.2. The second-order valence-electron chi connectivity index (χ2n) is 4.31. The van der Waals surface area contributed by atoms with Crippen LogP contribution in [-0.2, 0) is 6.54 Å². The fourth-order valence-corrected chi connectivity index (χ4v) is 2.53. The molecule has 2 N–H and O–H groups in total. The molecular formula is C14H10BrClN2O2. The lowest BCUT2D eigenvalue weighted by molar-refractivity contribution is 0.555. The number of rotatable bonds is 3. The van der Waals surface area contributed by atoms with E-state index in [1.165, 1.54) is 0 Å². The standard InChI is InChI=1S/C14H10BrClN2O2/c15-9-1-3-11(16)8(5-9)7-17-10-2-4-13-12(6-10)18-14(19)20-13/h1-6,17H,7H2,(H,18,19). The van der Waals surface area contributed by atoms with Crippen molar-refractivity contribution in [2.45, 2.75) is 6.54 Å². The Balaban J connectivity index is 1.82. The summed E-state index contributed by atoms with van der Waals surface area (Å²) in [5.74, 6) is -0.452. The van der Waals surface area contributed by atoms with Crippen molar-refractivity contribution in [3.63, 3.8) is 0 Å². The molecule has 0 unspecified atom stereocenters. The summed E-state index contributed by atoms with van der Waals surface area (Å²) in [6.45, 7) is 0.589. The van der Waals surface area contributed by atoms with Crippen molar-refractivity contribution < 1.29 is 4.42 Å². The number of benzene rings is 2. The van der Waals surface area contributed by atoms with E-state index in [1.54, 1.807) is 6.07 Å². The Kier molecular flexibility index (Phi) is 3.54. The van der Waals surface area contributed by atoms with Crippen LogP contribution in [-0.4, -0.2) is 4.98 Å². The second kappa shape index (κ2) is 5.34. The van der Waals surface area contributed by atoms with Gasteiger partial charge in [-0.05, 0) is 42.0 Å². The van der Waals surface area contributed by atoms with Crippen LogP contribution in [0.25, 0.3) is 11.1 Å². The highest BCUT2D eigenvalue weighted by molar-refractivity contribution is 9.10. The molecule has 0 saturated heterocycles. The van der Waals surface area contributed by atoms with Gasteiger partial charge in [0.2, 0.25) is 0 Å². The SMILES string of the molecule is O=c1[nH]c2cc(NCc3cc(Br)ccc3Cl)ccc2o1. The Labute approximate surface area is 127 Å². The molecule has 0 aliphatic heterocycles. The summed E-state index contributed by atoms with van der Waals surface area (Å²) in [5.41, 5.74) is 3.08. The lowest BCUT2D eigenvalue weighted by Gasteiger charge is -2.08. The molecule has 3 aromatic rings. The maximum atomic E-state index is 11.1. The predicted molar refractivity (Wildman–Crippen MR) is 83.3 cm³/mol. The molecule has 0 amide bonds. The minimum atomic E-state index is -0.452. The monoisotopic (exact) mass is 352 g/mol. The summed E-state index contributed by atoms with van der Waals surface area (Å²) < 4.78 is 5.93. The van der Waals surface area contributed by atoms with E-state index in [9.17, 15) is 4.79 Å². The van der Waals surface area contributed by atoms with Gasteiger partial charge in [0, 0.05) is 21.7 Å². The summed E-state index contributed by atoms with van der Waals surface area (Å²) in [4.78, 5) is 13.7. The molecule has 102 valence electrons. The van der Waals surface area contributed by atoms with Gasteiger partial charge < -0.3 is 9.73 Å². The lowest BCUT2D eigenvalue weighted by Crippen LogP contribution is -2.00. The van der Waals surface area contributed by atoms with Gasteiger partial charge in [-0.25, -0.2) is 4.79 Å². The van der Waals surface area contributed by atoms with Gasteiger partial charge >= 0.3 is 5.76 Å². The summed E-state index contributed by atoms with van der Waals surface area (Å²) >= 11 is 9.56. The number of aromatic nitrogens is 1. The fourth-order valence-electron chi connectivity index (χ4n) is 1.94. The number of nitrogens with one attached hydrogen (secondary N) is 2. The zero-order valence-electron chi connectivity index (χ0n) is 10.2. The van der Waals surface area contributed by atoms with Gasteiger partial charge in [-0.3, -0.25) is 4.98 Å². The molecule has 0 aliphatic carbocycles. The van der Waals surface area contributed by atoms with Gasteiger partial charge in [-0.1, -0.05) is 27.5 Å². The first-order valence-electron chi connectivity index (χ1n) is 5.92. The van der Waals surface area contributed by atoms with E-state index in [2.05, 4.69) is 26.2 Å².